The highest BCUT2D eigenvalue weighted by Gasteiger charge is 2.41. The van der Waals surface area contributed by atoms with Gasteiger partial charge in [-0.05, 0) is 58.3 Å². The van der Waals surface area contributed by atoms with E-state index in [2.05, 4.69) is 6.92 Å². The predicted molar refractivity (Wildman–Crippen MR) is 104 cm³/mol. The molecule has 0 spiro atoms. The molecule has 2 fully saturated rings. The van der Waals surface area contributed by atoms with Gasteiger partial charge in [0.25, 0.3) is 0 Å². The van der Waals surface area contributed by atoms with E-state index in [-0.39, 0.29) is 6.10 Å². The van der Waals surface area contributed by atoms with Gasteiger partial charge in [0.1, 0.15) is 0 Å². The van der Waals surface area contributed by atoms with Gasteiger partial charge in [0, 0.05) is 25.6 Å². The van der Waals surface area contributed by atoms with Gasteiger partial charge in [0.2, 0.25) is 0 Å². The Morgan fingerprint density at radius 3 is 2.12 bits per heavy atom. The van der Waals surface area contributed by atoms with Crippen molar-refractivity contribution in [2.24, 2.45) is 11.8 Å². The van der Waals surface area contributed by atoms with Gasteiger partial charge in [0.15, 0.2) is 5.79 Å². The molecule has 0 saturated heterocycles. The minimum absolute atomic E-state index is 0.0638. The van der Waals surface area contributed by atoms with Crippen LogP contribution in [0.2, 0.25) is 0 Å². The summed E-state index contributed by atoms with van der Waals surface area (Å²) in [5.74, 6) is 0.514. The molecule has 2 aliphatic carbocycles. The molecule has 0 bridgehead atoms. The largest absolute Gasteiger partial charge is 0.350 e. The summed E-state index contributed by atoms with van der Waals surface area (Å²) in [4.78, 5) is 0. The van der Waals surface area contributed by atoms with Crippen molar-refractivity contribution in [3.05, 3.63) is 0 Å². The minimum Gasteiger partial charge on any atom is -0.350 e. The van der Waals surface area contributed by atoms with Crippen LogP contribution < -0.4 is 0 Å². The Morgan fingerprint density at radius 2 is 1.54 bits per heavy atom. The van der Waals surface area contributed by atoms with Crippen LogP contribution in [0, 0.1) is 11.8 Å². The average molecular weight is 391 g/mol. The molecule has 6 heteroatoms. The second-order valence-electron chi connectivity index (χ2n) is 7.77. The van der Waals surface area contributed by atoms with Gasteiger partial charge in [0.05, 0.1) is 12.7 Å². The van der Waals surface area contributed by atoms with Crippen LogP contribution in [0.1, 0.15) is 85.0 Å². The fourth-order valence-electron chi connectivity index (χ4n) is 4.37. The summed E-state index contributed by atoms with van der Waals surface area (Å²) in [7, 11) is 0. The van der Waals surface area contributed by atoms with E-state index >= 15 is 0 Å². The number of hydrogen-bond acceptors (Lipinski definition) is 5. The summed E-state index contributed by atoms with van der Waals surface area (Å²) < 4.78 is 35.5. The monoisotopic (exact) mass is 390 g/mol. The van der Waals surface area contributed by atoms with Gasteiger partial charge in [-0.1, -0.05) is 26.2 Å². The molecule has 0 N–H and O–H groups in total. The Labute approximate surface area is 162 Å². The van der Waals surface area contributed by atoms with Gasteiger partial charge in [-0.25, -0.2) is 0 Å². The van der Waals surface area contributed by atoms with Crippen molar-refractivity contribution in [1.29, 1.82) is 0 Å². The van der Waals surface area contributed by atoms with Crippen LogP contribution in [0.25, 0.3) is 0 Å². The van der Waals surface area contributed by atoms with Crippen LogP contribution in [0.3, 0.4) is 0 Å². The standard InChI is InChI=1S/C20H38O5S/c1-4-22-20(23-5-2,18-9-7-6-8-10-18)15-16-24-26(21)25-19-13-11-17(3)12-14-19/h17-19H,4-16H2,1-3H3. The summed E-state index contributed by atoms with van der Waals surface area (Å²) in [5.41, 5.74) is 0. The Morgan fingerprint density at radius 1 is 0.923 bits per heavy atom. The summed E-state index contributed by atoms with van der Waals surface area (Å²) in [6, 6.07) is 0. The lowest BCUT2D eigenvalue weighted by atomic mass is 9.81. The van der Waals surface area contributed by atoms with E-state index in [1.807, 2.05) is 13.8 Å². The smallest absolute Gasteiger partial charge is 0.304 e. The summed E-state index contributed by atoms with van der Waals surface area (Å²) >= 11 is -1.69. The highest BCUT2D eigenvalue weighted by Crippen LogP contribution is 2.38. The molecular weight excluding hydrogens is 352 g/mol. The van der Waals surface area contributed by atoms with Crippen molar-refractivity contribution in [1.82, 2.24) is 0 Å². The fraction of sp³-hybridized carbons (Fsp3) is 1.00. The maximum atomic E-state index is 12.2. The Balaban J connectivity index is 1.82. The van der Waals surface area contributed by atoms with Crippen molar-refractivity contribution in [3.63, 3.8) is 0 Å². The van der Waals surface area contributed by atoms with Crippen LogP contribution in [0.4, 0.5) is 0 Å². The van der Waals surface area contributed by atoms with Gasteiger partial charge >= 0.3 is 11.4 Å². The van der Waals surface area contributed by atoms with Crippen molar-refractivity contribution < 1.29 is 22.0 Å². The summed E-state index contributed by atoms with van der Waals surface area (Å²) in [5, 5.41) is 0. The van der Waals surface area contributed by atoms with Gasteiger partial charge in [-0.15, -0.1) is 0 Å². The molecule has 1 unspecified atom stereocenters. The third kappa shape index (κ3) is 6.86. The van der Waals surface area contributed by atoms with Gasteiger partial charge in [-0.3, -0.25) is 8.37 Å². The molecule has 0 aromatic rings. The highest BCUT2D eigenvalue weighted by atomic mass is 32.2. The van der Waals surface area contributed by atoms with Gasteiger partial charge in [-0.2, -0.15) is 4.21 Å². The number of ether oxygens (including phenoxy) is 2. The first-order valence-electron chi connectivity index (χ1n) is 10.6. The van der Waals surface area contributed by atoms with Crippen molar-refractivity contribution in [2.45, 2.75) is 96.9 Å². The highest BCUT2D eigenvalue weighted by molar-refractivity contribution is 7.75. The molecule has 2 saturated carbocycles. The molecule has 154 valence electrons. The van der Waals surface area contributed by atoms with E-state index in [9.17, 15) is 4.21 Å². The first-order chi connectivity index (χ1) is 12.6. The second-order valence-corrected chi connectivity index (χ2v) is 8.60. The van der Waals surface area contributed by atoms with Crippen LogP contribution in [0.15, 0.2) is 0 Å². The molecule has 0 heterocycles. The topological polar surface area (TPSA) is 54.0 Å². The molecule has 2 aliphatic rings. The molecule has 26 heavy (non-hydrogen) atoms. The number of hydrogen-bond donors (Lipinski definition) is 0. The first kappa shape index (κ1) is 22.3. The van der Waals surface area contributed by atoms with Crippen LogP contribution in [-0.2, 0) is 29.2 Å². The lowest BCUT2D eigenvalue weighted by Gasteiger charge is -2.41. The van der Waals surface area contributed by atoms with Crippen molar-refractivity contribution >= 4 is 11.4 Å². The van der Waals surface area contributed by atoms with Crippen LogP contribution >= 0.6 is 0 Å². The third-order valence-electron chi connectivity index (χ3n) is 5.81. The normalized spacial score (nSPS) is 26.7. The molecule has 1 atom stereocenters. The average Bonchev–Trinajstić information content (AvgIpc) is 2.64. The third-order valence-corrected chi connectivity index (χ3v) is 6.60. The van der Waals surface area contributed by atoms with Crippen molar-refractivity contribution in [3.8, 4) is 0 Å². The molecule has 0 amide bonds. The van der Waals surface area contributed by atoms with E-state index in [4.69, 9.17) is 17.8 Å². The molecule has 0 aliphatic heterocycles. The van der Waals surface area contributed by atoms with E-state index in [0.717, 1.165) is 44.4 Å². The lowest BCUT2D eigenvalue weighted by Crippen LogP contribution is -2.46. The van der Waals surface area contributed by atoms with Crippen LogP contribution in [-0.4, -0.2) is 35.9 Å². The zero-order chi connectivity index (χ0) is 18.8. The first-order valence-corrected chi connectivity index (χ1v) is 11.6. The zero-order valence-electron chi connectivity index (χ0n) is 16.9. The SMILES string of the molecule is CCOC(CCOS(=O)OC1CCC(C)CC1)(OCC)C1CCCCC1. The minimum atomic E-state index is -1.69. The van der Waals surface area contributed by atoms with E-state index in [0.29, 0.717) is 32.2 Å². The molecule has 2 rings (SSSR count). The molecule has 5 nitrogen and oxygen atoms in total. The fourth-order valence-corrected chi connectivity index (χ4v) is 5.06. The number of rotatable bonds is 11. The second kappa shape index (κ2) is 11.7. The molecular formula is C20H38O5S. The van der Waals surface area contributed by atoms with Crippen molar-refractivity contribution in [2.75, 3.05) is 19.8 Å². The van der Waals surface area contributed by atoms with Gasteiger partial charge < -0.3 is 9.47 Å². The van der Waals surface area contributed by atoms with E-state index in [1.165, 1.54) is 19.3 Å². The maximum absolute atomic E-state index is 12.2. The lowest BCUT2D eigenvalue weighted by molar-refractivity contribution is -0.273. The Bertz CT molecular complexity index is 397. The Kier molecular flexibility index (Phi) is 10.1. The predicted octanol–water partition coefficient (Wildman–Crippen LogP) is 4.92. The van der Waals surface area contributed by atoms with E-state index < -0.39 is 17.1 Å². The summed E-state index contributed by atoms with van der Waals surface area (Å²) in [6.07, 6.45) is 10.9. The van der Waals surface area contributed by atoms with E-state index in [1.54, 1.807) is 0 Å². The van der Waals surface area contributed by atoms with Crippen LogP contribution in [0.5, 0.6) is 0 Å². The summed E-state index contributed by atoms with van der Waals surface area (Å²) in [6.45, 7) is 7.81. The molecule has 0 aromatic carbocycles. The maximum Gasteiger partial charge on any atom is 0.304 e. The Hall–Kier alpha value is -0.0100. The quantitative estimate of drug-likeness (QED) is 0.469. The molecule has 0 radical (unpaired) electrons. The molecule has 0 aromatic heterocycles. The zero-order valence-corrected chi connectivity index (χ0v) is 17.7.